The second-order valence-electron chi connectivity index (χ2n) is 6.58. The number of benzene rings is 3. The number of thioether (sulfide) groups is 1. The van der Waals surface area contributed by atoms with E-state index in [0.717, 1.165) is 42.4 Å². The topological polar surface area (TPSA) is 44.8 Å². The molecule has 3 aromatic carbocycles. The molecule has 0 aromatic heterocycles. The van der Waals surface area contributed by atoms with Gasteiger partial charge >= 0.3 is 5.97 Å². The Morgan fingerprint density at radius 2 is 1.52 bits per heavy atom. The molecule has 0 atom stereocenters. The fourth-order valence-electron chi connectivity index (χ4n) is 3.03. The van der Waals surface area contributed by atoms with Crippen LogP contribution in [0.3, 0.4) is 0 Å². The van der Waals surface area contributed by atoms with E-state index in [4.69, 9.17) is 14.2 Å². The van der Waals surface area contributed by atoms with Gasteiger partial charge in [0.25, 0.3) is 0 Å². The summed E-state index contributed by atoms with van der Waals surface area (Å²) in [7, 11) is 3.34. The Hall–Kier alpha value is -2.45. The van der Waals surface area contributed by atoms with Crippen molar-refractivity contribution in [3.63, 3.8) is 0 Å². The van der Waals surface area contributed by atoms with E-state index in [2.05, 4.69) is 40.8 Å². The molecule has 6 heteroatoms. The van der Waals surface area contributed by atoms with E-state index in [0.29, 0.717) is 5.75 Å². The molecule has 0 heterocycles. The number of methoxy groups -OCH3 is 2. The lowest BCUT2D eigenvalue weighted by Crippen LogP contribution is -2.01. The van der Waals surface area contributed by atoms with E-state index >= 15 is 0 Å². The lowest BCUT2D eigenvalue weighted by molar-refractivity contribution is -0.131. The van der Waals surface area contributed by atoms with Crippen LogP contribution in [0.15, 0.2) is 77.7 Å². The van der Waals surface area contributed by atoms with Crippen LogP contribution in [0.25, 0.3) is 5.57 Å². The van der Waals surface area contributed by atoms with Crippen LogP contribution in [-0.2, 0) is 4.79 Å². The van der Waals surface area contributed by atoms with Crippen LogP contribution in [0, 0.1) is 3.57 Å². The van der Waals surface area contributed by atoms with Crippen molar-refractivity contribution in [1.29, 1.82) is 0 Å². The van der Waals surface area contributed by atoms with Crippen LogP contribution in [0.1, 0.15) is 18.1 Å². The molecule has 0 spiro atoms. The van der Waals surface area contributed by atoms with E-state index < -0.39 is 0 Å². The first-order valence-electron chi connectivity index (χ1n) is 9.60. The lowest BCUT2D eigenvalue weighted by atomic mass is 9.97. The Bertz CT molecular complexity index is 1040. The maximum absolute atomic E-state index is 11.2. The van der Waals surface area contributed by atoms with Gasteiger partial charge < -0.3 is 14.2 Å². The third kappa shape index (κ3) is 6.51. The second kappa shape index (κ2) is 11.2. The number of hydrogen-bond acceptors (Lipinski definition) is 5. The van der Waals surface area contributed by atoms with E-state index in [1.165, 1.54) is 6.92 Å². The summed E-state index contributed by atoms with van der Waals surface area (Å²) in [5.41, 5.74) is 3.26. The van der Waals surface area contributed by atoms with Crippen molar-refractivity contribution >= 4 is 45.9 Å². The number of rotatable bonds is 8. The van der Waals surface area contributed by atoms with Crippen molar-refractivity contribution in [2.45, 2.75) is 11.8 Å². The summed E-state index contributed by atoms with van der Waals surface area (Å²) in [5, 5.41) is 0. The molecule has 0 aliphatic carbocycles. The number of halogens is 1. The van der Waals surface area contributed by atoms with E-state index in [-0.39, 0.29) is 5.97 Å². The molecule has 160 valence electrons. The van der Waals surface area contributed by atoms with Crippen molar-refractivity contribution in [2.75, 3.05) is 20.0 Å². The van der Waals surface area contributed by atoms with Gasteiger partial charge in [0, 0.05) is 21.1 Å². The van der Waals surface area contributed by atoms with Gasteiger partial charge in [0.15, 0.2) is 0 Å². The Kier molecular flexibility index (Phi) is 8.43. The van der Waals surface area contributed by atoms with Crippen molar-refractivity contribution in [3.8, 4) is 17.2 Å². The number of ether oxygens (including phenoxy) is 3. The molecule has 0 aliphatic heterocycles. The summed E-state index contributed by atoms with van der Waals surface area (Å²) in [6.45, 7) is 1.40. The molecule has 3 aromatic rings. The zero-order chi connectivity index (χ0) is 22.2. The minimum absolute atomic E-state index is 0.319. The summed E-state index contributed by atoms with van der Waals surface area (Å²) < 4.78 is 17.0. The predicted octanol–water partition coefficient (Wildman–Crippen LogP) is 6.46. The molecule has 0 unspecified atom stereocenters. The van der Waals surface area contributed by atoms with Crippen LogP contribution < -0.4 is 14.2 Å². The molecular formula is C25H23IO4S. The normalized spacial score (nSPS) is 10.3. The summed E-state index contributed by atoms with van der Waals surface area (Å²) in [6, 6.07) is 21.8. The van der Waals surface area contributed by atoms with Gasteiger partial charge in [0.2, 0.25) is 0 Å². The molecule has 0 bridgehead atoms. The van der Waals surface area contributed by atoms with E-state index in [1.807, 2.05) is 54.6 Å². The second-order valence-corrected chi connectivity index (χ2v) is 8.80. The smallest absolute Gasteiger partial charge is 0.308 e. The molecule has 0 amide bonds. The van der Waals surface area contributed by atoms with Gasteiger partial charge in [-0.15, -0.1) is 11.8 Å². The number of esters is 1. The zero-order valence-electron chi connectivity index (χ0n) is 17.6. The fraction of sp³-hybridized carbons (Fsp3) is 0.160. The summed E-state index contributed by atoms with van der Waals surface area (Å²) in [5.74, 6) is 2.64. The molecule has 0 N–H and O–H groups in total. The fourth-order valence-corrected chi connectivity index (χ4v) is 4.77. The van der Waals surface area contributed by atoms with Crippen molar-refractivity contribution < 1.29 is 19.0 Å². The molecule has 0 saturated heterocycles. The Morgan fingerprint density at radius 1 is 0.903 bits per heavy atom. The Balaban J connectivity index is 1.88. The highest BCUT2D eigenvalue weighted by Crippen LogP contribution is 2.32. The largest absolute Gasteiger partial charge is 0.497 e. The van der Waals surface area contributed by atoms with Gasteiger partial charge in [-0.25, -0.2) is 0 Å². The molecule has 31 heavy (non-hydrogen) atoms. The average molecular weight is 546 g/mol. The summed E-state index contributed by atoms with van der Waals surface area (Å²) >= 11 is 3.99. The standard InChI is InChI=1S/C25H23IO4S/c1-17(27)30-22-10-11-25(24(26)16-22)31-13-12-23(18-6-4-8-20(14-18)28-2)19-7-5-9-21(15-19)29-3/h4-12,14-16H,13H2,1-3H3. The maximum atomic E-state index is 11.2. The highest BCUT2D eigenvalue weighted by atomic mass is 127. The first-order valence-corrected chi connectivity index (χ1v) is 11.7. The van der Waals surface area contributed by atoms with E-state index in [1.54, 1.807) is 26.0 Å². The van der Waals surface area contributed by atoms with Crippen LogP contribution in [0.4, 0.5) is 0 Å². The van der Waals surface area contributed by atoms with Gasteiger partial charge in [-0.3, -0.25) is 4.79 Å². The van der Waals surface area contributed by atoms with Crippen LogP contribution in [0.5, 0.6) is 17.2 Å². The first kappa shape index (κ1) is 23.2. The molecule has 0 saturated carbocycles. The van der Waals surface area contributed by atoms with Gasteiger partial charge in [-0.1, -0.05) is 30.3 Å². The summed E-state index contributed by atoms with van der Waals surface area (Å²) in [6.07, 6.45) is 2.21. The van der Waals surface area contributed by atoms with Crippen LogP contribution in [-0.4, -0.2) is 25.9 Å². The molecule has 0 radical (unpaired) electrons. The molecule has 0 aliphatic rings. The van der Waals surface area contributed by atoms with Gasteiger partial charge in [-0.05, 0) is 81.8 Å². The van der Waals surface area contributed by atoms with Gasteiger partial charge in [-0.2, -0.15) is 0 Å². The van der Waals surface area contributed by atoms with E-state index in [9.17, 15) is 4.79 Å². The highest BCUT2D eigenvalue weighted by molar-refractivity contribution is 14.1. The average Bonchev–Trinajstić information content (AvgIpc) is 2.77. The quantitative estimate of drug-likeness (QED) is 0.141. The third-order valence-corrected chi connectivity index (χ3v) is 6.71. The SMILES string of the molecule is COc1cccc(C(=CCSc2ccc(OC(C)=O)cc2I)c2cccc(OC)c2)c1. The van der Waals surface area contributed by atoms with Crippen LogP contribution >= 0.6 is 34.4 Å². The highest BCUT2D eigenvalue weighted by Gasteiger charge is 2.09. The lowest BCUT2D eigenvalue weighted by Gasteiger charge is -2.12. The van der Waals surface area contributed by atoms with Gasteiger partial charge in [0.05, 0.1) is 14.2 Å². The maximum Gasteiger partial charge on any atom is 0.308 e. The number of hydrogen-bond donors (Lipinski definition) is 0. The first-order chi connectivity index (χ1) is 15.0. The number of carbonyl (C=O) groups excluding carboxylic acids is 1. The monoisotopic (exact) mass is 546 g/mol. The van der Waals surface area contributed by atoms with Crippen molar-refractivity contribution in [1.82, 2.24) is 0 Å². The Morgan fingerprint density at radius 3 is 2.03 bits per heavy atom. The minimum atomic E-state index is -0.319. The number of carbonyl (C=O) groups is 1. The van der Waals surface area contributed by atoms with Crippen molar-refractivity contribution in [2.24, 2.45) is 0 Å². The molecule has 4 nitrogen and oxygen atoms in total. The summed E-state index contributed by atoms with van der Waals surface area (Å²) in [4.78, 5) is 12.3. The van der Waals surface area contributed by atoms with Crippen LogP contribution in [0.2, 0.25) is 0 Å². The zero-order valence-corrected chi connectivity index (χ0v) is 20.5. The van der Waals surface area contributed by atoms with Gasteiger partial charge in [0.1, 0.15) is 17.2 Å². The van der Waals surface area contributed by atoms with Crippen molar-refractivity contribution in [3.05, 3.63) is 87.5 Å². The Labute approximate surface area is 200 Å². The predicted molar refractivity (Wildman–Crippen MR) is 134 cm³/mol. The molecule has 0 fully saturated rings. The third-order valence-electron chi connectivity index (χ3n) is 4.45. The molecule has 3 rings (SSSR count). The molecular weight excluding hydrogens is 523 g/mol. The minimum Gasteiger partial charge on any atom is -0.497 e.